The molecule has 2 rings (SSSR count). The molecule has 3 nitrogen and oxygen atoms in total. The maximum absolute atomic E-state index is 12.5. The van der Waals surface area contributed by atoms with E-state index in [0.29, 0.717) is 28.7 Å². The van der Waals surface area contributed by atoms with Crippen molar-refractivity contribution in [1.82, 2.24) is 0 Å². The Kier molecular flexibility index (Phi) is 6.99. The summed E-state index contributed by atoms with van der Waals surface area (Å²) in [4.78, 5) is 14.2. The number of amides is 1. The van der Waals surface area contributed by atoms with Crippen LogP contribution in [0.15, 0.2) is 48.5 Å². The van der Waals surface area contributed by atoms with Gasteiger partial charge in [0, 0.05) is 34.4 Å². The Balaban J connectivity index is 0.00000220. The number of carbonyl (C=O) groups excluding carboxylic acids is 1. The fourth-order valence-electron chi connectivity index (χ4n) is 1.85. The lowest BCUT2D eigenvalue weighted by Crippen LogP contribution is -2.35. The summed E-state index contributed by atoms with van der Waals surface area (Å²) < 4.78 is 0. The highest BCUT2D eigenvalue weighted by Gasteiger charge is 2.16. The minimum atomic E-state index is -0.116. The molecule has 2 N–H and O–H groups in total. The molecule has 0 aliphatic heterocycles. The van der Waals surface area contributed by atoms with Crippen LogP contribution in [0.5, 0.6) is 0 Å². The molecule has 0 radical (unpaired) electrons. The Morgan fingerprint density at radius 2 is 1.43 bits per heavy atom. The van der Waals surface area contributed by atoms with E-state index >= 15 is 0 Å². The van der Waals surface area contributed by atoms with Gasteiger partial charge in [0.25, 0.3) is 5.91 Å². The lowest BCUT2D eigenvalue weighted by Gasteiger charge is -2.22. The molecular formula is C15H15Cl3N2O. The fraction of sp³-hybridized carbons (Fsp3) is 0.133. The summed E-state index contributed by atoms with van der Waals surface area (Å²) in [6.07, 6.45) is 0. The predicted molar refractivity (Wildman–Crippen MR) is 90.9 cm³/mol. The monoisotopic (exact) mass is 344 g/mol. The summed E-state index contributed by atoms with van der Waals surface area (Å²) in [6, 6.07) is 13.9. The normalized spacial score (nSPS) is 9.86. The molecule has 0 saturated heterocycles. The zero-order valence-corrected chi connectivity index (χ0v) is 13.5. The number of hydrogen-bond donors (Lipinski definition) is 1. The minimum absolute atomic E-state index is 0. The van der Waals surface area contributed by atoms with Crippen molar-refractivity contribution in [2.24, 2.45) is 5.73 Å². The van der Waals surface area contributed by atoms with E-state index in [9.17, 15) is 4.79 Å². The van der Waals surface area contributed by atoms with E-state index in [-0.39, 0.29) is 18.3 Å². The van der Waals surface area contributed by atoms with Gasteiger partial charge < -0.3 is 10.6 Å². The number of halogens is 3. The molecule has 0 spiro atoms. The van der Waals surface area contributed by atoms with E-state index in [1.807, 2.05) is 0 Å². The topological polar surface area (TPSA) is 46.3 Å². The maximum atomic E-state index is 12.5. The zero-order chi connectivity index (χ0) is 14.5. The van der Waals surface area contributed by atoms with Gasteiger partial charge in [0.05, 0.1) is 0 Å². The lowest BCUT2D eigenvalue weighted by atomic mass is 10.2. The Labute approximate surface area is 140 Å². The van der Waals surface area contributed by atoms with Gasteiger partial charge in [0.2, 0.25) is 0 Å². The summed E-state index contributed by atoms with van der Waals surface area (Å²) >= 11 is 11.7. The number of rotatable bonds is 4. The molecule has 0 unspecified atom stereocenters. The van der Waals surface area contributed by atoms with Gasteiger partial charge in [0.1, 0.15) is 0 Å². The largest absolute Gasteiger partial charge is 0.329 e. The number of nitrogens with zero attached hydrogens (tertiary/aromatic N) is 1. The Morgan fingerprint density at radius 1 is 0.952 bits per heavy atom. The second-order valence-electron chi connectivity index (χ2n) is 4.23. The number of nitrogens with two attached hydrogens (primary N) is 1. The van der Waals surface area contributed by atoms with Crippen LogP contribution in [0.3, 0.4) is 0 Å². The van der Waals surface area contributed by atoms with Gasteiger partial charge in [-0.15, -0.1) is 12.4 Å². The smallest absolute Gasteiger partial charge is 0.258 e. The number of hydrogen-bond acceptors (Lipinski definition) is 2. The Morgan fingerprint density at radius 3 is 1.90 bits per heavy atom. The first-order chi connectivity index (χ1) is 9.61. The van der Waals surface area contributed by atoms with Gasteiger partial charge in [-0.25, -0.2) is 0 Å². The van der Waals surface area contributed by atoms with Gasteiger partial charge in [0.15, 0.2) is 0 Å². The molecule has 21 heavy (non-hydrogen) atoms. The standard InChI is InChI=1S/C15H14Cl2N2O.ClH/c16-12-3-1-11(2-4-12)15(20)19(10-9-18)14-7-5-13(17)6-8-14;/h1-8H,9-10,18H2;1H. The summed E-state index contributed by atoms with van der Waals surface area (Å²) in [6.45, 7) is 0.811. The van der Waals surface area contributed by atoms with Crippen molar-refractivity contribution < 1.29 is 4.79 Å². The molecule has 2 aromatic carbocycles. The van der Waals surface area contributed by atoms with Crippen LogP contribution in [0.2, 0.25) is 10.0 Å². The Bertz CT molecular complexity index is 585. The quantitative estimate of drug-likeness (QED) is 0.909. The number of anilines is 1. The molecule has 0 aliphatic carbocycles. The van der Waals surface area contributed by atoms with Gasteiger partial charge in [-0.2, -0.15) is 0 Å². The summed E-state index contributed by atoms with van der Waals surface area (Å²) in [7, 11) is 0. The first-order valence-electron chi connectivity index (χ1n) is 6.15. The molecule has 0 atom stereocenters. The summed E-state index contributed by atoms with van der Waals surface area (Å²) in [5.74, 6) is -0.116. The van der Waals surface area contributed by atoms with E-state index in [0.717, 1.165) is 5.69 Å². The van der Waals surface area contributed by atoms with Crippen molar-refractivity contribution in [3.63, 3.8) is 0 Å². The van der Waals surface area contributed by atoms with Crippen LogP contribution in [-0.4, -0.2) is 19.0 Å². The maximum Gasteiger partial charge on any atom is 0.258 e. The van der Waals surface area contributed by atoms with Gasteiger partial charge >= 0.3 is 0 Å². The molecule has 0 aliphatic rings. The van der Waals surface area contributed by atoms with E-state index in [1.165, 1.54) is 0 Å². The lowest BCUT2D eigenvalue weighted by molar-refractivity contribution is 0.0987. The first-order valence-corrected chi connectivity index (χ1v) is 6.90. The SMILES string of the molecule is Cl.NCCN(C(=O)c1ccc(Cl)cc1)c1ccc(Cl)cc1. The molecule has 1 amide bonds. The summed E-state index contributed by atoms with van der Waals surface area (Å²) in [5.41, 5.74) is 6.93. The van der Waals surface area contributed by atoms with Crippen molar-refractivity contribution >= 4 is 47.2 Å². The third kappa shape index (κ3) is 4.61. The highest BCUT2D eigenvalue weighted by atomic mass is 35.5. The second kappa shape index (κ2) is 8.25. The van der Waals surface area contributed by atoms with Crippen molar-refractivity contribution in [2.45, 2.75) is 0 Å². The van der Waals surface area contributed by atoms with Crippen LogP contribution >= 0.6 is 35.6 Å². The van der Waals surface area contributed by atoms with Gasteiger partial charge in [-0.1, -0.05) is 23.2 Å². The molecule has 0 fully saturated rings. The van der Waals surface area contributed by atoms with Gasteiger partial charge in [-0.3, -0.25) is 4.79 Å². The first kappa shape index (κ1) is 17.8. The minimum Gasteiger partial charge on any atom is -0.329 e. The predicted octanol–water partition coefficient (Wildman–Crippen LogP) is 4.02. The molecular weight excluding hydrogens is 331 g/mol. The molecule has 6 heteroatoms. The Hall–Kier alpha value is -1.26. The van der Waals surface area contributed by atoms with Crippen LogP contribution in [0, 0.1) is 0 Å². The van der Waals surface area contributed by atoms with Crippen molar-refractivity contribution in [2.75, 3.05) is 18.0 Å². The van der Waals surface area contributed by atoms with E-state index in [2.05, 4.69) is 0 Å². The van der Waals surface area contributed by atoms with Crippen molar-refractivity contribution in [3.05, 3.63) is 64.1 Å². The number of carbonyl (C=O) groups is 1. The van der Waals surface area contributed by atoms with Crippen LogP contribution < -0.4 is 10.6 Å². The number of benzene rings is 2. The van der Waals surface area contributed by atoms with Crippen molar-refractivity contribution in [1.29, 1.82) is 0 Å². The molecule has 0 saturated carbocycles. The van der Waals surface area contributed by atoms with Crippen LogP contribution in [0.25, 0.3) is 0 Å². The third-order valence-corrected chi connectivity index (χ3v) is 3.33. The van der Waals surface area contributed by atoms with Crippen LogP contribution in [0.4, 0.5) is 5.69 Å². The highest BCUT2D eigenvalue weighted by molar-refractivity contribution is 6.31. The van der Waals surface area contributed by atoms with Crippen LogP contribution in [-0.2, 0) is 0 Å². The third-order valence-electron chi connectivity index (χ3n) is 2.83. The van der Waals surface area contributed by atoms with Crippen LogP contribution in [0.1, 0.15) is 10.4 Å². The second-order valence-corrected chi connectivity index (χ2v) is 5.10. The summed E-state index contributed by atoms with van der Waals surface area (Å²) in [5, 5.41) is 1.22. The van der Waals surface area contributed by atoms with Crippen molar-refractivity contribution in [3.8, 4) is 0 Å². The molecule has 0 aromatic heterocycles. The molecule has 2 aromatic rings. The average molecular weight is 346 g/mol. The van der Waals surface area contributed by atoms with E-state index in [1.54, 1.807) is 53.4 Å². The fourth-order valence-corrected chi connectivity index (χ4v) is 2.10. The molecule has 0 heterocycles. The van der Waals surface area contributed by atoms with Gasteiger partial charge in [-0.05, 0) is 48.5 Å². The average Bonchev–Trinajstić information content (AvgIpc) is 2.46. The molecule has 0 bridgehead atoms. The zero-order valence-electron chi connectivity index (χ0n) is 11.1. The van der Waals surface area contributed by atoms with E-state index < -0.39 is 0 Å². The van der Waals surface area contributed by atoms with E-state index in [4.69, 9.17) is 28.9 Å². The molecule has 112 valence electrons. The highest BCUT2D eigenvalue weighted by Crippen LogP contribution is 2.20.